The Labute approximate surface area is 117 Å². The highest BCUT2D eigenvalue weighted by Gasteiger charge is 2.27. The fraction of sp³-hybridized carbons (Fsp3) is 0.500. The normalized spacial score (nSPS) is 22.9. The van der Waals surface area contributed by atoms with E-state index in [-0.39, 0.29) is 23.4 Å². The van der Waals surface area contributed by atoms with Gasteiger partial charge < -0.3 is 16.2 Å². The van der Waals surface area contributed by atoms with Crippen molar-refractivity contribution in [3.05, 3.63) is 24.0 Å². The Balaban J connectivity index is 2.06. The molecule has 0 saturated heterocycles. The molecule has 0 spiro atoms. The third-order valence-corrected chi connectivity index (χ3v) is 3.66. The van der Waals surface area contributed by atoms with Crippen LogP contribution >= 0.6 is 0 Å². The summed E-state index contributed by atoms with van der Waals surface area (Å²) in [4.78, 5) is 26.9. The third kappa shape index (κ3) is 3.54. The molecule has 1 aromatic heterocycles. The van der Waals surface area contributed by atoms with E-state index in [9.17, 15) is 9.59 Å². The van der Waals surface area contributed by atoms with Gasteiger partial charge in [-0.1, -0.05) is 19.3 Å². The number of nitrogens with zero attached hydrogens (tertiary/aromatic N) is 1. The number of nitrogens with two attached hydrogens (primary N) is 1. The van der Waals surface area contributed by atoms with E-state index in [4.69, 9.17) is 10.8 Å². The Morgan fingerprint density at radius 1 is 1.25 bits per heavy atom. The summed E-state index contributed by atoms with van der Waals surface area (Å²) in [7, 11) is 0. The summed E-state index contributed by atoms with van der Waals surface area (Å²) in [6, 6.07) is 1.27. The highest BCUT2D eigenvalue weighted by Crippen LogP contribution is 2.23. The average molecular weight is 277 g/mol. The van der Waals surface area contributed by atoms with Crippen LogP contribution in [-0.4, -0.2) is 28.0 Å². The topological polar surface area (TPSA) is 105 Å². The molecule has 0 aliphatic heterocycles. The second kappa shape index (κ2) is 6.47. The van der Waals surface area contributed by atoms with Gasteiger partial charge in [-0.3, -0.25) is 9.78 Å². The zero-order valence-electron chi connectivity index (χ0n) is 11.2. The van der Waals surface area contributed by atoms with Gasteiger partial charge in [-0.05, 0) is 18.9 Å². The van der Waals surface area contributed by atoms with Crippen LogP contribution < -0.4 is 11.1 Å². The molecular formula is C14H19N3O3. The van der Waals surface area contributed by atoms with Crippen LogP contribution in [0.25, 0.3) is 0 Å². The molecule has 6 heteroatoms. The number of anilines is 1. The van der Waals surface area contributed by atoms with Gasteiger partial charge in [-0.15, -0.1) is 0 Å². The standard InChI is InChI=1S/C14H19N3O3/c15-12-5-3-1-2-4-11(12)13(18)17-10-6-9(14(19)20)7-16-8-10/h6-8,11-12H,1-5,15H2,(H,17,18)(H,19,20). The van der Waals surface area contributed by atoms with Gasteiger partial charge in [-0.2, -0.15) is 0 Å². The zero-order chi connectivity index (χ0) is 14.5. The fourth-order valence-corrected chi connectivity index (χ4v) is 2.52. The highest BCUT2D eigenvalue weighted by molar-refractivity contribution is 5.94. The van der Waals surface area contributed by atoms with Crippen LogP contribution in [0.3, 0.4) is 0 Å². The summed E-state index contributed by atoms with van der Waals surface area (Å²) in [6.45, 7) is 0. The molecule has 2 rings (SSSR count). The van der Waals surface area contributed by atoms with Crippen molar-refractivity contribution in [1.82, 2.24) is 4.98 Å². The largest absolute Gasteiger partial charge is 0.478 e. The number of rotatable bonds is 3. The van der Waals surface area contributed by atoms with Gasteiger partial charge in [0.1, 0.15) is 0 Å². The lowest BCUT2D eigenvalue weighted by Gasteiger charge is -2.20. The maximum absolute atomic E-state index is 12.2. The van der Waals surface area contributed by atoms with Crippen LogP contribution in [-0.2, 0) is 4.79 Å². The number of carboxylic acid groups (broad SMARTS) is 1. The van der Waals surface area contributed by atoms with E-state index in [0.717, 1.165) is 32.1 Å². The van der Waals surface area contributed by atoms with E-state index in [1.54, 1.807) is 0 Å². The average Bonchev–Trinajstić information content (AvgIpc) is 2.63. The number of carboxylic acids is 1. The van der Waals surface area contributed by atoms with Gasteiger partial charge in [0.15, 0.2) is 0 Å². The first-order chi connectivity index (χ1) is 9.58. The molecule has 0 radical (unpaired) electrons. The molecule has 1 fully saturated rings. The van der Waals surface area contributed by atoms with Crippen molar-refractivity contribution in [3.8, 4) is 0 Å². The van der Waals surface area contributed by atoms with Crippen molar-refractivity contribution in [1.29, 1.82) is 0 Å². The van der Waals surface area contributed by atoms with Gasteiger partial charge in [0.05, 0.1) is 23.4 Å². The molecule has 0 aromatic carbocycles. The maximum atomic E-state index is 12.2. The molecule has 1 heterocycles. The lowest BCUT2D eigenvalue weighted by molar-refractivity contribution is -0.120. The van der Waals surface area contributed by atoms with Crippen molar-refractivity contribution in [2.75, 3.05) is 5.32 Å². The molecular weight excluding hydrogens is 258 g/mol. The van der Waals surface area contributed by atoms with Crippen LogP contribution in [0.4, 0.5) is 5.69 Å². The Bertz CT molecular complexity index is 504. The zero-order valence-corrected chi connectivity index (χ0v) is 11.2. The molecule has 1 aliphatic rings. The summed E-state index contributed by atoms with van der Waals surface area (Å²) >= 11 is 0. The van der Waals surface area contributed by atoms with Gasteiger partial charge >= 0.3 is 5.97 Å². The number of nitrogens with one attached hydrogen (secondary N) is 1. The molecule has 1 amide bonds. The van der Waals surface area contributed by atoms with Crippen LogP contribution in [0.2, 0.25) is 0 Å². The molecule has 20 heavy (non-hydrogen) atoms. The van der Waals surface area contributed by atoms with Gasteiger partial charge in [0.2, 0.25) is 5.91 Å². The van der Waals surface area contributed by atoms with E-state index in [1.165, 1.54) is 18.5 Å². The number of aromatic carboxylic acids is 1. The molecule has 2 unspecified atom stereocenters. The van der Waals surface area contributed by atoms with Gasteiger partial charge in [-0.25, -0.2) is 4.79 Å². The van der Waals surface area contributed by atoms with E-state index in [1.807, 2.05) is 0 Å². The van der Waals surface area contributed by atoms with Crippen molar-refractivity contribution < 1.29 is 14.7 Å². The number of amides is 1. The van der Waals surface area contributed by atoms with Gasteiger partial charge in [0, 0.05) is 12.2 Å². The number of hydrogen-bond donors (Lipinski definition) is 3. The lowest BCUT2D eigenvalue weighted by atomic mass is 9.94. The Morgan fingerprint density at radius 3 is 2.75 bits per heavy atom. The number of pyridine rings is 1. The minimum absolute atomic E-state index is 0.0490. The smallest absolute Gasteiger partial charge is 0.337 e. The summed E-state index contributed by atoms with van der Waals surface area (Å²) in [6.07, 6.45) is 7.47. The predicted octanol–water partition coefficient (Wildman–Crippen LogP) is 1.63. The summed E-state index contributed by atoms with van der Waals surface area (Å²) < 4.78 is 0. The second-order valence-corrected chi connectivity index (χ2v) is 5.17. The summed E-state index contributed by atoms with van der Waals surface area (Å²) in [5, 5.41) is 11.6. The van der Waals surface area contributed by atoms with E-state index < -0.39 is 5.97 Å². The molecule has 1 aromatic rings. The molecule has 4 N–H and O–H groups in total. The first-order valence-corrected chi connectivity index (χ1v) is 6.82. The quantitative estimate of drug-likeness (QED) is 0.728. The van der Waals surface area contributed by atoms with Crippen molar-refractivity contribution in [2.24, 2.45) is 11.7 Å². The number of hydrogen-bond acceptors (Lipinski definition) is 4. The lowest BCUT2D eigenvalue weighted by Crippen LogP contribution is -2.37. The predicted molar refractivity (Wildman–Crippen MR) is 74.4 cm³/mol. The Kier molecular flexibility index (Phi) is 4.68. The third-order valence-electron chi connectivity index (χ3n) is 3.66. The molecule has 0 bridgehead atoms. The second-order valence-electron chi connectivity index (χ2n) is 5.17. The van der Waals surface area contributed by atoms with Crippen molar-refractivity contribution in [2.45, 2.75) is 38.1 Å². The molecule has 2 atom stereocenters. The Morgan fingerprint density at radius 2 is 2.00 bits per heavy atom. The Hall–Kier alpha value is -1.95. The summed E-state index contributed by atoms with van der Waals surface area (Å²) in [5.74, 6) is -1.44. The fourth-order valence-electron chi connectivity index (χ4n) is 2.52. The van der Waals surface area contributed by atoms with Crippen LogP contribution in [0.15, 0.2) is 18.5 Å². The van der Waals surface area contributed by atoms with E-state index >= 15 is 0 Å². The van der Waals surface area contributed by atoms with Crippen LogP contribution in [0.5, 0.6) is 0 Å². The summed E-state index contributed by atoms with van der Waals surface area (Å²) in [5.41, 5.74) is 6.48. The SMILES string of the molecule is NC1CCCCCC1C(=O)Nc1cncc(C(=O)O)c1. The first kappa shape index (κ1) is 14.5. The van der Waals surface area contributed by atoms with E-state index in [0.29, 0.717) is 5.69 Å². The van der Waals surface area contributed by atoms with Crippen molar-refractivity contribution in [3.63, 3.8) is 0 Å². The van der Waals surface area contributed by atoms with Crippen molar-refractivity contribution >= 4 is 17.6 Å². The van der Waals surface area contributed by atoms with Gasteiger partial charge in [0.25, 0.3) is 0 Å². The van der Waals surface area contributed by atoms with Crippen LogP contribution in [0, 0.1) is 5.92 Å². The first-order valence-electron chi connectivity index (χ1n) is 6.82. The molecule has 6 nitrogen and oxygen atoms in total. The molecule has 1 saturated carbocycles. The van der Waals surface area contributed by atoms with Crippen LogP contribution in [0.1, 0.15) is 42.5 Å². The number of carbonyl (C=O) groups is 2. The monoisotopic (exact) mass is 277 g/mol. The minimum atomic E-state index is -1.07. The highest BCUT2D eigenvalue weighted by atomic mass is 16.4. The number of aromatic nitrogens is 1. The van der Waals surface area contributed by atoms with E-state index in [2.05, 4.69) is 10.3 Å². The molecule has 1 aliphatic carbocycles. The minimum Gasteiger partial charge on any atom is -0.478 e. The number of carbonyl (C=O) groups excluding carboxylic acids is 1. The maximum Gasteiger partial charge on any atom is 0.337 e. The molecule has 108 valence electrons.